The average Bonchev–Trinajstić information content (AvgIpc) is 2.42. The van der Waals surface area contributed by atoms with Crippen LogP contribution < -0.4 is 16.0 Å². The molecular formula is C15H21N3O2. The Morgan fingerprint density at radius 1 is 1.35 bits per heavy atom. The number of rotatable bonds is 3. The van der Waals surface area contributed by atoms with E-state index in [2.05, 4.69) is 5.32 Å². The number of para-hydroxylation sites is 1. The highest BCUT2D eigenvalue weighted by Gasteiger charge is 2.41. The molecule has 0 radical (unpaired) electrons. The number of carbonyl (C=O) groups is 2. The highest BCUT2D eigenvalue weighted by molar-refractivity contribution is 6.06. The second kappa shape index (κ2) is 5.25. The molecule has 108 valence electrons. The van der Waals surface area contributed by atoms with Gasteiger partial charge in [-0.25, -0.2) is 0 Å². The van der Waals surface area contributed by atoms with Crippen LogP contribution in [0.15, 0.2) is 24.3 Å². The van der Waals surface area contributed by atoms with Gasteiger partial charge in [0.2, 0.25) is 5.91 Å². The number of anilines is 1. The van der Waals surface area contributed by atoms with Crippen molar-refractivity contribution < 1.29 is 9.59 Å². The van der Waals surface area contributed by atoms with Crippen LogP contribution >= 0.6 is 0 Å². The zero-order chi connectivity index (χ0) is 14.9. The van der Waals surface area contributed by atoms with Crippen LogP contribution in [-0.4, -0.2) is 23.9 Å². The summed E-state index contributed by atoms with van der Waals surface area (Å²) in [7, 11) is 0. The first-order valence-corrected chi connectivity index (χ1v) is 6.84. The summed E-state index contributed by atoms with van der Waals surface area (Å²) in [6.45, 7) is 5.79. The lowest BCUT2D eigenvalue weighted by Crippen LogP contribution is -2.64. The summed E-state index contributed by atoms with van der Waals surface area (Å²) in [5, 5.41) is 2.38. The Hall–Kier alpha value is -1.88. The van der Waals surface area contributed by atoms with E-state index >= 15 is 0 Å². The maximum atomic E-state index is 12.1. The number of piperazine rings is 1. The molecule has 3 N–H and O–H groups in total. The van der Waals surface area contributed by atoms with Gasteiger partial charge in [0.05, 0.1) is 6.54 Å². The molecule has 2 rings (SSSR count). The molecule has 0 unspecified atom stereocenters. The van der Waals surface area contributed by atoms with Gasteiger partial charge in [0.1, 0.15) is 5.54 Å². The summed E-state index contributed by atoms with van der Waals surface area (Å²) < 4.78 is 0. The molecule has 0 bridgehead atoms. The number of hydrogen-bond acceptors (Lipinski definition) is 4. The van der Waals surface area contributed by atoms with E-state index in [0.717, 1.165) is 17.7 Å². The Balaban J connectivity index is 2.49. The second-order valence-electron chi connectivity index (χ2n) is 5.60. The number of hydrogen-bond donors (Lipinski definition) is 2. The summed E-state index contributed by atoms with van der Waals surface area (Å²) in [6.07, 6.45) is 0.797. The van der Waals surface area contributed by atoms with Gasteiger partial charge in [-0.3, -0.25) is 14.9 Å². The summed E-state index contributed by atoms with van der Waals surface area (Å²) in [4.78, 5) is 25.6. The molecule has 1 heterocycles. The molecule has 0 aliphatic carbocycles. The van der Waals surface area contributed by atoms with Gasteiger partial charge in [0.15, 0.2) is 0 Å². The largest absolute Gasteiger partial charge is 0.348 e. The Morgan fingerprint density at radius 3 is 2.65 bits per heavy atom. The molecule has 1 saturated heterocycles. The SMILES string of the molecule is CC[C@@H](N)c1ccccc1N1CC(=O)NC(=O)C1(C)C. The first-order valence-electron chi connectivity index (χ1n) is 6.84. The first-order chi connectivity index (χ1) is 9.37. The molecule has 0 aromatic heterocycles. The Labute approximate surface area is 119 Å². The predicted molar refractivity (Wildman–Crippen MR) is 78.2 cm³/mol. The van der Waals surface area contributed by atoms with Gasteiger partial charge in [0.25, 0.3) is 5.91 Å². The van der Waals surface area contributed by atoms with Crippen LogP contribution in [0.1, 0.15) is 38.8 Å². The maximum absolute atomic E-state index is 12.1. The normalized spacial score (nSPS) is 19.7. The van der Waals surface area contributed by atoms with Gasteiger partial charge in [-0.1, -0.05) is 25.1 Å². The summed E-state index contributed by atoms with van der Waals surface area (Å²) >= 11 is 0. The van der Waals surface area contributed by atoms with E-state index in [9.17, 15) is 9.59 Å². The van der Waals surface area contributed by atoms with Crippen LogP contribution in [0.2, 0.25) is 0 Å². The van der Waals surface area contributed by atoms with Crippen molar-refractivity contribution in [1.29, 1.82) is 0 Å². The lowest BCUT2D eigenvalue weighted by molar-refractivity contribution is -0.135. The molecule has 0 spiro atoms. The van der Waals surface area contributed by atoms with Crippen molar-refractivity contribution in [2.75, 3.05) is 11.4 Å². The maximum Gasteiger partial charge on any atom is 0.251 e. The number of nitrogens with two attached hydrogens (primary N) is 1. The van der Waals surface area contributed by atoms with E-state index < -0.39 is 5.54 Å². The molecule has 2 amide bonds. The van der Waals surface area contributed by atoms with Crippen molar-refractivity contribution in [3.63, 3.8) is 0 Å². The number of imide groups is 1. The van der Waals surface area contributed by atoms with Crippen LogP contribution in [0.5, 0.6) is 0 Å². The van der Waals surface area contributed by atoms with Gasteiger partial charge in [-0.2, -0.15) is 0 Å². The van der Waals surface area contributed by atoms with Gasteiger partial charge < -0.3 is 10.6 Å². The van der Waals surface area contributed by atoms with E-state index in [1.807, 2.05) is 49.9 Å². The standard InChI is InChI=1S/C15H21N3O2/c1-4-11(16)10-7-5-6-8-12(10)18-9-13(19)17-14(20)15(18,2)3/h5-8,11H,4,9,16H2,1-3H3,(H,17,19,20)/t11-/m1/s1. The minimum absolute atomic E-state index is 0.109. The Kier molecular flexibility index (Phi) is 3.81. The van der Waals surface area contributed by atoms with E-state index in [1.54, 1.807) is 0 Å². The lowest BCUT2D eigenvalue weighted by Gasteiger charge is -2.43. The Bertz CT molecular complexity index is 540. The monoisotopic (exact) mass is 275 g/mol. The molecule has 1 aliphatic heterocycles. The fraction of sp³-hybridized carbons (Fsp3) is 0.467. The number of nitrogens with one attached hydrogen (secondary N) is 1. The Morgan fingerprint density at radius 2 is 2.00 bits per heavy atom. The number of amides is 2. The van der Waals surface area contributed by atoms with Crippen LogP contribution in [-0.2, 0) is 9.59 Å². The third-order valence-corrected chi connectivity index (χ3v) is 3.85. The fourth-order valence-corrected chi connectivity index (χ4v) is 2.44. The average molecular weight is 275 g/mol. The molecule has 1 atom stereocenters. The van der Waals surface area contributed by atoms with E-state index in [1.165, 1.54) is 0 Å². The van der Waals surface area contributed by atoms with Crippen molar-refractivity contribution in [3.8, 4) is 0 Å². The minimum atomic E-state index is -0.780. The second-order valence-corrected chi connectivity index (χ2v) is 5.60. The molecule has 0 saturated carbocycles. The zero-order valence-electron chi connectivity index (χ0n) is 12.1. The van der Waals surface area contributed by atoms with Crippen LogP contribution in [0.25, 0.3) is 0 Å². The van der Waals surface area contributed by atoms with Crippen molar-refractivity contribution in [3.05, 3.63) is 29.8 Å². The zero-order valence-corrected chi connectivity index (χ0v) is 12.1. The van der Waals surface area contributed by atoms with Crippen LogP contribution in [0.3, 0.4) is 0 Å². The molecule has 1 aliphatic rings. The fourth-order valence-electron chi connectivity index (χ4n) is 2.44. The molecular weight excluding hydrogens is 254 g/mol. The predicted octanol–water partition coefficient (Wildman–Crippen LogP) is 1.34. The van der Waals surface area contributed by atoms with Gasteiger partial charge >= 0.3 is 0 Å². The van der Waals surface area contributed by atoms with E-state index in [4.69, 9.17) is 5.73 Å². The highest BCUT2D eigenvalue weighted by Crippen LogP contribution is 2.32. The summed E-state index contributed by atoms with van der Waals surface area (Å²) in [5.74, 6) is -0.567. The van der Waals surface area contributed by atoms with E-state index in [0.29, 0.717) is 0 Å². The number of carbonyl (C=O) groups excluding carboxylic acids is 2. The quantitative estimate of drug-likeness (QED) is 0.816. The smallest absolute Gasteiger partial charge is 0.251 e. The molecule has 5 nitrogen and oxygen atoms in total. The topological polar surface area (TPSA) is 75.4 Å². The van der Waals surface area contributed by atoms with Gasteiger partial charge in [-0.05, 0) is 31.9 Å². The molecule has 20 heavy (non-hydrogen) atoms. The van der Waals surface area contributed by atoms with Crippen molar-refractivity contribution in [2.24, 2.45) is 5.73 Å². The highest BCUT2D eigenvalue weighted by atomic mass is 16.2. The van der Waals surface area contributed by atoms with E-state index in [-0.39, 0.29) is 24.4 Å². The molecule has 1 aromatic carbocycles. The van der Waals surface area contributed by atoms with Gasteiger partial charge in [-0.15, -0.1) is 0 Å². The summed E-state index contributed by atoms with van der Waals surface area (Å²) in [6, 6.07) is 7.58. The third-order valence-electron chi connectivity index (χ3n) is 3.85. The van der Waals surface area contributed by atoms with Crippen molar-refractivity contribution in [1.82, 2.24) is 5.32 Å². The number of nitrogens with zero attached hydrogens (tertiary/aromatic N) is 1. The van der Waals surface area contributed by atoms with Crippen molar-refractivity contribution in [2.45, 2.75) is 38.8 Å². The summed E-state index contributed by atoms with van der Waals surface area (Å²) in [5.41, 5.74) is 7.19. The number of benzene rings is 1. The third kappa shape index (κ3) is 2.41. The first kappa shape index (κ1) is 14.5. The van der Waals surface area contributed by atoms with Crippen LogP contribution in [0, 0.1) is 0 Å². The van der Waals surface area contributed by atoms with Crippen LogP contribution in [0.4, 0.5) is 5.69 Å². The van der Waals surface area contributed by atoms with Gasteiger partial charge in [0, 0.05) is 11.7 Å². The molecule has 5 heteroatoms. The minimum Gasteiger partial charge on any atom is -0.348 e. The lowest BCUT2D eigenvalue weighted by atomic mass is 9.94. The molecule has 1 aromatic rings. The molecule has 1 fully saturated rings. The van der Waals surface area contributed by atoms with Crippen molar-refractivity contribution >= 4 is 17.5 Å².